The molecule has 2 aromatic rings. The molecular formula is C14H11IO. The summed E-state index contributed by atoms with van der Waals surface area (Å²) in [7, 11) is 0. The van der Waals surface area contributed by atoms with E-state index >= 15 is 0 Å². The van der Waals surface area contributed by atoms with Crippen molar-refractivity contribution in [2.75, 3.05) is 0 Å². The molecule has 16 heavy (non-hydrogen) atoms. The van der Waals surface area contributed by atoms with Gasteiger partial charge in [-0.2, -0.15) is 0 Å². The summed E-state index contributed by atoms with van der Waals surface area (Å²) in [6.07, 6.45) is 0. The number of hydrogen-bond donors (Lipinski definition) is 0. The van der Waals surface area contributed by atoms with Crippen LogP contribution in [0.4, 0.5) is 0 Å². The van der Waals surface area contributed by atoms with Crippen LogP contribution >= 0.6 is 22.6 Å². The molecule has 1 unspecified atom stereocenters. The summed E-state index contributed by atoms with van der Waals surface area (Å²) in [5.74, 6) is 0.160. The number of benzene rings is 2. The maximum atomic E-state index is 12.1. The number of alkyl halides is 1. The molecule has 1 nitrogen and oxygen atoms in total. The number of ketones is 1. The van der Waals surface area contributed by atoms with Crippen molar-refractivity contribution in [1.29, 1.82) is 0 Å². The average Bonchev–Trinajstić information content (AvgIpc) is 2.39. The van der Waals surface area contributed by atoms with Gasteiger partial charge in [-0.25, -0.2) is 0 Å². The third-order valence-electron chi connectivity index (χ3n) is 2.38. The molecule has 0 aliphatic heterocycles. The second-order valence-electron chi connectivity index (χ2n) is 3.50. The van der Waals surface area contributed by atoms with Gasteiger partial charge in [-0.05, 0) is 5.56 Å². The van der Waals surface area contributed by atoms with Gasteiger partial charge in [-0.3, -0.25) is 4.79 Å². The first-order chi connectivity index (χ1) is 7.79. The molecule has 80 valence electrons. The molecule has 0 spiro atoms. The molecule has 0 fully saturated rings. The Hall–Kier alpha value is -1.16. The highest BCUT2D eigenvalue weighted by Gasteiger charge is 2.17. The van der Waals surface area contributed by atoms with Crippen molar-refractivity contribution in [3.63, 3.8) is 0 Å². The molecule has 0 aliphatic rings. The number of carbonyl (C=O) groups is 1. The Labute approximate surface area is 109 Å². The molecule has 0 heterocycles. The van der Waals surface area contributed by atoms with Crippen LogP contribution in [-0.4, -0.2) is 5.78 Å². The van der Waals surface area contributed by atoms with Gasteiger partial charge in [0, 0.05) is 5.56 Å². The summed E-state index contributed by atoms with van der Waals surface area (Å²) in [4.78, 5) is 12.1. The highest BCUT2D eigenvalue weighted by atomic mass is 127. The van der Waals surface area contributed by atoms with E-state index < -0.39 is 0 Å². The van der Waals surface area contributed by atoms with E-state index in [0.29, 0.717) is 0 Å². The second kappa shape index (κ2) is 5.25. The summed E-state index contributed by atoms with van der Waals surface area (Å²) >= 11 is 2.19. The third kappa shape index (κ3) is 2.50. The zero-order valence-electron chi connectivity index (χ0n) is 8.64. The molecule has 1 atom stereocenters. The van der Waals surface area contributed by atoms with Crippen molar-refractivity contribution in [1.82, 2.24) is 0 Å². The molecule has 2 aromatic carbocycles. The van der Waals surface area contributed by atoms with Crippen LogP contribution in [0.15, 0.2) is 60.7 Å². The standard InChI is InChI=1S/C14H11IO/c15-13(11-7-3-1-4-8-11)14(16)12-9-5-2-6-10-12/h1-10,13H. The van der Waals surface area contributed by atoms with E-state index in [4.69, 9.17) is 0 Å². The maximum Gasteiger partial charge on any atom is 0.180 e. The smallest absolute Gasteiger partial charge is 0.180 e. The average molecular weight is 322 g/mol. The molecule has 0 saturated heterocycles. The molecule has 0 bridgehead atoms. The molecule has 0 saturated carbocycles. The summed E-state index contributed by atoms with van der Waals surface area (Å²) in [6, 6.07) is 19.3. The first kappa shape index (κ1) is 11.3. The zero-order valence-corrected chi connectivity index (χ0v) is 10.8. The number of Topliss-reactive ketones (excluding diaryl/α,β-unsaturated/α-hetero) is 1. The first-order valence-electron chi connectivity index (χ1n) is 5.07. The van der Waals surface area contributed by atoms with Crippen LogP contribution in [0.2, 0.25) is 0 Å². The molecule has 2 rings (SSSR count). The van der Waals surface area contributed by atoms with Crippen LogP contribution in [-0.2, 0) is 0 Å². The monoisotopic (exact) mass is 322 g/mol. The van der Waals surface area contributed by atoms with E-state index in [1.54, 1.807) is 0 Å². The predicted octanol–water partition coefficient (Wildman–Crippen LogP) is 4.05. The molecule has 2 heteroatoms. The van der Waals surface area contributed by atoms with Crippen molar-refractivity contribution in [2.24, 2.45) is 0 Å². The quantitative estimate of drug-likeness (QED) is 0.473. The van der Waals surface area contributed by atoms with Gasteiger partial charge < -0.3 is 0 Å². The first-order valence-corrected chi connectivity index (χ1v) is 6.32. The molecule has 0 radical (unpaired) electrons. The van der Waals surface area contributed by atoms with Crippen molar-refractivity contribution < 1.29 is 4.79 Å². The van der Waals surface area contributed by atoms with Crippen molar-refractivity contribution in [2.45, 2.75) is 3.92 Å². The minimum Gasteiger partial charge on any atom is -0.293 e. The highest BCUT2D eigenvalue weighted by Crippen LogP contribution is 2.27. The van der Waals surface area contributed by atoms with E-state index in [2.05, 4.69) is 22.6 Å². The second-order valence-corrected chi connectivity index (χ2v) is 4.75. The van der Waals surface area contributed by atoms with Gasteiger partial charge in [0.2, 0.25) is 0 Å². The van der Waals surface area contributed by atoms with Crippen LogP contribution in [0.3, 0.4) is 0 Å². The fourth-order valence-corrected chi connectivity index (χ4v) is 2.30. The molecule has 0 aliphatic carbocycles. The zero-order chi connectivity index (χ0) is 11.4. The maximum absolute atomic E-state index is 12.1. The van der Waals surface area contributed by atoms with Gasteiger partial charge >= 0.3 is 0 Å². The number of carbonyl (C=O) groups excluding carboxylic acids is 1. The lowest BCUT2D eigenvalue weighted by molar-refractivity contribution is 0.0994. The van der Waals surface area contributed by atoms with Crippen LogP contribution in [0, 0.1) is 0 Å². The summed E-state index contributed by atoms with van der Waals surface area (Å²) < 4.78 is -0.110. The van der Waals surface area contributed by atoms with Crippen molar-refractivity contribution in [3.05, 3.63) is 71.8 Å². The number of rotatable bonds is 3. The Morgan fingerprint density at radius 2 is 1.38 bits per heavy atom. The van der Waals surface area contributed by atoms with Crippen molar-refractivity contribution >= 4 is 28.4 Å². The predicted molar refractivity (Wildman–Crippen MR) is 74.0 cm³/mol. The van der Waals surface area contributed by atoms with Gasteiger partial charge in [0.25, 0.3) is 0 Å². The van der Waals surface area contributed by atoms with Gasteiger partial charge in [-0.15, -0.1) is 0 Å². The topological polar surface area (TPSA) is 17.1 Å². The Morgan fingerprint density at radius 3 is 1.94 bits per heavy atom. The van der Waals surface area contributed by atoms with E-state index in [-0.39, 0.29) is 9.71 Å². The van der Waals surface area contributed by atoms with E-state index in [1.807, 2.05) is 60.7 Å². The van der Waals surface area contributed by atoms with Gasteiger partial charge in [0.15, 0.2) is 5.78 Å². The Morgan fingerprint density at radius 1 is 0.875 bits per heavy atom. The van der Waals surface area contributed by atoms with E-state index in [0.717, 1.165) is 11.1 Å². The lowest BCUT2D eigenvalue weighted by Crippen LogP contribution is -2.06. The van der Waals surface area contributed by atoms with Crippen molar-refractivity contribution in [3.8, 4) is 0 Å². The normalized spacial score (nSPS) is 12.1. The van der Waals surface area contributed by atoms with E-state index in [9.17, 15) is 4.79 Å². The molecule has 0 N–H and O–H groups in total. The van der Waals surface area contributed by atoms with Crippen LogP contribution < -0.4 is 0 Å². The van der Waals surface area contributed by atoms with E-state index in [1.165, 1.54) is 0 Å². The van der Waals surface area contributed by atoms with Gasteiger partial charge in [0.05, 0.1) is 3.92 Å². The third-order valence-corrected chi connectivity index (χ3v) is 3.67. The minimum absolute atomic E-state index is 0.110. The Balaban J connectivity index is 2.24. The number of halogens is 1. The molecular weight excluding hydrogens is 311 g/mol. The van der Waals surface area contributed by atoms with Gasteiger partial charge in [0.1, 0.15) is 0 Å². The van der Waals surface area contributed by atoms with Crippen LogP contribution in [0.1, 0.15) is 19.8 Å². The fourth-order valence-electron chi connectivity index (χ4n) is 1.52. The summed E-state index contributed by atoms with van der Waals surface area (Å²) in [5.41, 5.74) is 1.82. The SMILES string of the molecule is O=C(c1ccccc1)C(I)c1ccccc1. The Kier molecular flexibility index (Phi) is 3.72. The summed E-state index contributed by atoms with van der Waals surface area (Å²) in [6.45, 7) is 0. The minimum atomic E-state index is -0.110. The lowest BCUT2D eigenvalue weighted by Gasteiger charge is -2.08. The Bertz CT molecular complexity index is 465. The fraction of sp³-hybridized carbons (Fsp3) is 0.0714. The molecule has 0 amide bonds. The molecule has 0 aromatic heterocycles. The van der Waals surface area contributed by atoms with Gasteiger partial charge in [-0.1, -0.05) is 83.3 Å². The van der Waals surface area contributed by atoms with Crippen LogP contribution in [0.5, 0.6) is 0 Å². The highest BCUT2D eigenvalue weighted by molar-refractivity contribution is 14.1. The largest absolute Gasteiger partial charge is 0.293 e. The number of hydrogen-bond acceptors (Lipinski definition) is 1. The summed E-state index contributed by atoms with van der Waals surface area (Å²) in [5, 5.41) is 0. The van der Waals surface area contributed by atoms with Crippen LogP contribution in [0.25, 0.3) is 0 Å². The lowest BCUT2D eigenvalue weighted by atomic mass is 10.0.